The summed E-state index contributed by atoms with van der Waals surface area (Å²) in [6, 6.07) is 32.1. The van der Waals surface area contributed by atoms with Crippen LogP contribution in [0.2, 0.25) is 5.21 Å². The molecule has 1 heterocycles. The Morgan fingerprint density at radius 3 is 2.00 bits per heavy atom. The molecule has 0 bridgehead atoms. The van der Waals surface area contributed by atoms with Crippen molar-refractivity contribution in [1.29, 1.82) is 0 Å². The first-order chi connectivity index (χ1) is 15.4. The van der Waals surface area contributed by atoms with E-state index in [0.29, 0.717) is 6.17 Å². The van der Waals surface area contributed by atoms with Gasteiger partial charge in [0.15, 0.2) is 0 Å². The standard InChI is InChI=1S/C27H30AsN3/c1-4-10-24(11-5-1)22-28-16-18-30-20-21-31(27(30)26-14-8-3-9-15-26)19-17-29-23-25-12-6-2-7-13-25/h1-15,22-23,27H,16-21H2/b29-23+. The van der Waals surface area contributed by atoms with Crippen molar-refractivity contribution >= 4 is 26.3 Å². The topological polar surface area (TPSA) is 18.8 Å². The van der Waals surface area contributed by atoms with Crippen molar-refractivity contribution < 1.29 is 0 Å². The monoisotopic (exact) mass is 471 g/mol. The van der Waals surface area contributed by atoms with E-state index < -0.39 is 0 Å². The average Bonchev–Trinajstić information content (AvgIpc) is 3.24. The van der Waals surface area contributed by atoms with Crippen LogP contribution in [0.4, 0.5) is 0 Å². The molecule has 1 saturated heterocycles. The second-order valence-electron chi connectivity index (χ2n) is 7.75. The molecule has 3 aromatic rings. The van der Waals surface area contributed by atoms with Gasteiger partial charge in [-0.1, -0.05) is 6.07 Å². The Morgan fingerprint density at radius 2 is 1.32 bits per heavy atom. The predicted octanol–water partition coefficient (Wildman–Crippen LogP) is 4.39. The summed E-state index contributed by atoms with van der Waals surface area (Å²) >= 11 is 0.228. The molecule has 0 radical (unpaired) electrons. The zero-order chi connectivity index (χ0) is 21.1. The Morgan fingerprint density at radius 1 is 0.742 bits per heavy atom. The molecule has 31 heavy (non-hydrogen) atoms. The Kier molecular flexibility index (Phi) is 8.41. The van der Waals surface area contributed by atoms with Crippen LogP contribution in [0.5, 0.6) is 0 Å². The van der Waals surface area contributed by atoms with E-state index in [1.165, 1.54) is 21.9 Å². The van der Waals surface area contributed by atoms with Gasteiger partial charge < -0.3 is 0 Å². The average molecular weight is 471 g/mol. The fraction of sp³-hybridized carbons (Fsp3) is 0.259. The van der Waals surface area contributed by atoms with Gasteiger partial charge in [-0.3, -0.25) is 0 Å². The van der Waals surface area contributed by atoms with Crippen molar-refractivity contribution in [2.75, 3.05) is 32.7 Å². The summed E-state index contributed by atoms with van der Waals surface area (Å²) in [5.41, 5.74) is 3.93. The van der Waals surface area contributed by atoms with E-state index in [1.54, 1.807) is 0 Å². The zero-order valence-corrected chi connectivity index (χ0v) is 19.8. The molecule has 0 saturated carbocycles. The molecule has 158 valence electrons. The molecule has 0 spiro atoms. The third-order valence-electron chi connectivity index (χ3n) is 5.58. The second kappa shape index (κ2) is 11.9. The molecule has 1 atom stereocenters. The zero-order valence-electron chi connectivity index (χ0n) is 17.9. The number of hydrogen-bond acceptors (Lipinski definition) is 3. The molecule has 0 aromatic heterocycles. The van der Waals surface area contributed by atoms with Gasteiger partial charge >= 0.3 is 187 Å². The molecular formula is C27H30AsN3. The molecule has 0 N–H and O–H groups in total. The summed E-state index contributed by atoms with van der Waals surface area (Å²) in [4.78, 5) is 12.4. The predicted molar refractivity (Wildman–Crippen MR) is 133 cm³/mol. The van der Waals surface area contributed by atoms with Gasteiger partial charge in [-0.15, -0.1) is 0 Å². The van der Waals surface area contributed by atoms with Gasteiger partial charge in [-0.25, -0.2) is 0 Å². The first-order valence-electron chi connectivity index (χ1n) is 11.0. The van der Waals surface area contributed by atoms with Gasteiger partial charge in [0.25, 0.3) is 0 Å². The van der Waals surface area contributed by atoms with Crippen LogP contribution in [0.3, 0.4) is 0 Å². The van der Waals surface area contributed by atoms with Crippen LogP contribution in [0.25, 0.3) is 0 Å². The van der Waals surface area contributed by atoms with E-state index in [-0.39, 0.29) is 15.3 Å². The Hall–Kier alpha value is -2.32. The minimum atomic E-state index is 0.228. The fourth-order valence-corrected chi connectivity index (χ4v) is 5.89. The van der Waals surface area contributed by atoms with Gasteiger partial charge in [0.1, 0.15) is 0 Å². The van der Waals surface area contributed by atoms with Crippen LogP contribution in [0.15, 0.2) is 96.0 Å². The van der Waals surface area contributed by atoms with E-state index in [9.17, 15) is 0 Å². The van der Waals surface area contributed by atoms with Crippen molar-refractivity contribution in [3.63, 3.8) is 0 Å². The van der Waals surface area contributed by atoms with Crippen molar-refractivity contribution in [3.05, 3.63) is 108 Å². The Balaban J connectivity index is 1.35. The maximum atomic E-state index is 4.68. The molecule has 1 unspecified atom stereocenters. The first-order valence-corrected chi connectivity index (χ1v) is 13.4. The van der Waals surface area contributed by atoms with Crippen molar-refractivity contribution in [2.45, 2.75) is 11.4 Å². The number of rotatable bonds is 9. The van der Waals surface area contributed by atoms with Crippen LogP contribution < -0.4 is 0 Å². The molecule has 1 aliphatic rings. The number of hydrogen-bond donors (Lipinski definition) is 0. The molecular weight excluding hydrogens is 441 g/mol. The van der Waals surface area contributed by atoms with E-state index in [2.05, 4.69) is 105 Å². The van der Waals surface area contributed by atoms with Crippen LogP contribution in [-0.2, 0) is 0 Å². The molecule has 3 nitrogen and oxygen atoms in total. The van der Waals surface area contributed by atoms with E-state index in [4.69, 9.17) is 0 Å². The van der Waals surface area contributed by atoms with Crippen LogP contribution in [0.1, 0.15) is 22.9 Å². The summed E-state index contributed by atoms with van der Waals surface area (Å²) in [6.45, 7) is 5.23. The molecule has 3 aromatic carbocycles. The Bertz CT molecular complexity index is 896. The summed E-state index contributed by atoms with van der Waals surface area (Å²) in [5, 5.41) is 1.27. The number of aliphatic imine (C=N–C) groups is 1. The molecule has 4 heteroatoms. The minimum absolute atomic E-state index is 0.228. The molecule has 4 rings (SSSR count). The SMILES string of the molecule is C(=N\CCN1CCN(CC/[As]=C/c2ccccc2)C1c1ccccc1)/c1ccccc1. The fourth-order valence-electron chi connectivity index (χ4n) is 4.04. The number of nitrogens with zero attached hydrogens (tertiary/aromatic N) is 3. The number of benzene rings is 3. The molecule has 0 amide bonds. The normalized spacial score (nSPS) is 17.7. The molecule has 1 aliphatic heterocycles. The van der Waals surface area contributed by atoms with Crippen LogP contribution >= 0.6 is 0 Å². The first kappa shape index (κ1) is 21.9. The molecule has 0 aliphatic carbocycles. The van der Waals surface area contributed by atoms with Crippen molar-refractivity contribution in [1.82, 2.24) is 9.80 Å². The van der Waals surface area contributed by atoms with E-state index in [1.807, 2.05) is 12.3 Å². The summed E-state index contributed by atoms with van der Waals surface area (Å²) in [6.07, 6.45) is 2.36. The quantitative estimate of drug-likeness (QED) is 0.341. The maximum absolute atomic E-state index is 4.68. The van der Waals surface area contributed by atoms with Gasteiger partial charge in [-0.05, 0) is 0 Å². The van der Waals surface area contributed by atoms with Gasteiger partial charge in [0, 0.05) is 0 Å². The summed E-state index contributed by atoms with van der Waals surface area (Å²) in [7, 11) is 0. The van der Waals surface area contributed by atoms with Gasteiger partial charge in [0.05, 0.1) is 0 Å². The van der Waals surface area contributed by atoms with E-state index in [0.717, 1.165) is 32.7 Å². The third kappa shape index (κ3) is 6.58. The van der Waals surface area contributed by atoms with E-state index >= 15 is 0 Å². The van der Waals surface area contributed by atoms with Gasteiger partial charge in [-0.2, -0.15) is 0 Å². The summed E-state index contributed by atoms with van der Waals surface area (Å²) in [5.74, 6) is 0. The summed E-state index contributed by atoms with van der Waals surface area (Å²) < 4.78 is 0. The third-order valence-corrected chi connectivity index (χ3v) is 7.55. The van der Waals surface area contributed by atoms with Crippen LogP contribution in [-0.4, -0.2) is 68.9 Å². The van der Waals surface area contributed by atoms with Crippen molar-refractivity contribution in [3.8, 4) is 0 Å². The van der Waals surface area contributed by atoms with Crippen LogP contribution in [0, 0.1) is 0 Å². The Labute approximate surface area is 192 Å². The van der Waals surface area contributed by atoms with Gasteiger partial charge in [0.2, 0.25) is 0 Å². The molecule has 1 fully saturated rings. The second-order valence-corrected chi connectivity index (χ2v) is 9.99. The van der Waals surface area contributed by atoms with Crippen molar-refractivity contribution in [2.24, 2.45) is 4.99 Å².